The molecule has 1 aliphatic rings. The lowest BCUT2D eigenvalue weighted by Crippen LogP contribution is -2.23. The van der Waals surface area contributed by atoms with Crippen LogP contribution in [0.15, 0.2) is 28.6 Å². The third-order valence-electron chi connectivity index (χ3n) is 5.28. The molecule has 8 nitrogen and oxygen atoms in total. The number of carbonyl (C=O) groups excluding carboxylic acids is 3. The van der Waals surface area contributed by atoms with Crippen molar-refractivity contribution in [3.05, 3.63) is 51.7 Å². The van der Waals surface area contributed by atoms with Crippen molar-refractivity contribution in [1.82, 2.24) is 10.2 Å². The Morgan fingerprint density at radius 3 is 2.69 bits per heavy atom. The lowest BCUT2D eigenvalue weighted by molar-refractivity contribution is -0.115. The van der Waals surface area contributed by atoms with Crippen LogP contribution in [0.1, 0.15) is 57.8 Å². The average molecular weight is 535 g/mol. The van der Waals surface area contributed by atoms with E-state index >= 15 is 0 Å². The van der Waals surface area contributed by atoms with Crippen molar-refractivity contribution in [2.45, 2.75) is 49.1 Å². The number of ether oxygens (including phenoxy) is 1. The van der Waals surface area contributed by atoms with Crippen LogP contribution in [-0.4, -0.2) is 39.8 Å². The maximum absolute atomic E-state index is 13.8. The first-order chi connectivity index (χ1) is 16.9. The third kappa shape index (κ3) is 5.88. The first-order valence-corrected chi connectivity index (χ1v) is 13.6. The molecule has 0 spiro atoms. The molecule has 0 bridgehead atoms. The van der Waals surface area contributed by atoms with Gasteiger partial charge in [0.2, 0.25) is 11.0 Å². The normalized spacial score (nSPS) is 13.6. The van der Waals surface area contributed by atoms with E-state index in [4.69, 9.17) is 4.74 Å². The molecule has 4 rings (SSSR count). The number of aromatic nitrogens is 2. The molecule has 35 heavy (non-hydrogen) atoms. The molecule has 1 unspecified atom stereocenters. The van der Waals surface area contributed by atoms with Gasteiger partial charge in [0.1, 0.15) is 10.8 Å². The van der Waals surface area contributed by atoms with Crippen LogP contribution in [0.4, 0.5) is 14.5 Å². The molecule has 1 atom stereocenters. The highest BCUT2D eigenvalue weighted by atomic mass is 32.2. The monoisotopic (exact) mass is 534 g/mol. The van der Waals surface area contributed by atoms with Crippen molar-refractivity contribution in [2.75, 3.05) is 17.2 Å². The van der Waals surface area contributed by atoms with Crippen molar-refractivity contribution in [2.24, 2.45) is 0 Å². The van der Waals surface area contributed by atoms with Crippen LogP contribution in [-0.2, 0) is 22.4 Å². The number of halogens is 1. The molecule has 2 N–H and O–H groups in total. The molecule has 184 valence electrons. The van der Waals surface area contributed by atoms with E-state index in [-0.39, 0.29) is 23.2 Å². The van der Waals surface area contributed by atoms with Gasteiger partial charge in [-0.25, -0.2) is 9.18 Å². The quantitative estimate of drug-likeness (QED) is 0.233. The Kier molecular flexibility index (Phi) is 8.14. The first kappa shape index (κ1) is 25.3. The van der Waals surface area contributed by atoms with E-state index in [1.54, 1.807) is 19.9 Å². The SMILES string of the molecule is CCOC(=O)c1c(NC(=O)C(C)Sc2nnc(NC(=O)c3ccccc3F)s2)sc2c1CCCC2. The van der Waals surface area contributed by atoms with Gasteiger partial charge in [0.25, 0.3) is 5.91 Å². The molecule has 2 aromatic heterocycles. The Morgan fingerprint density at radius 1 is 1.14 bits per heavy atom. The molecule has 0 aliphatic heterocycles. The van der Waals surface area contributed by atoms with E-state index in [1.165, 1.54) is 41.3 Å². The molecular formula is C23H23FN4O4S3. The second-order valence-corrected chi connectivity index (χ2v) is 11.4. The van der Waals surface area contributed by atoms with Gasteiger partial charge in [-0.2, -0.15) is 0 Å². The molecule has 2 amide bonds. The number of amides is 2. The van der Waals surface area contributed by atoms with Crippen LogP contribution in [0.25, 0.3) is 0 Å². The van der Waals surface area contributed by atoms with E-state index in [9.17, 15) is 18.8 Å². The summed E-state index contributed by atoms with van der Waals surface area (Å²) in [4.78, 5) is 38.9. The van der Waals surface area contributed by atoms with Gasteiger partial charge in [-0.3, -0.25) is 14.9 Å². The lowest BCUT2D eigenvalue weighted by Gasteiger charge is -2.13. The number of rotatable bonds is 8. The van der Waals surface area contributed by atoms with E-state index < -0.39 is 22.9 Å². The Hall–Kier alpha value is -2.83. The Labute approximate surface area is 213 Å². The highest BCUT2D eigenvalue weighted by molar-refractivity contribution is 8.02. The number of fused-ring (bicyclic) bond motifs is 1. The maximum atomic E-state index is 13.8. The Bertz CT molecular complexity index is 1260. The molecule has 1 aromatic carbocycles. The summed E-state index contributed by atoms with van der Waals surface area (Å²) in [6.45, 7) is 3.73. The fourth-order valence-corrected chi connectivity index (χ4v) is 6.78. The van der Waals surface area contributed by atoms with Crippen molar-refractivity contribution in [3.63, 3.8) is 0 Å². The van der Waals surface area contributed by atoms with Gasteiger partial charge in [-0.05, 0) is 57.2 Å². The van der Waals surface area contributed by atoms with Gasteiger partial charge in [-0.15, -0.1) is 21.5 Å². The summed E-state index contributed by atoms with van der Waals surface area (Å²) < 4.78 is 19.5. The summed E-state index contributed by atoms with van der Waals surface area (Å²) in [6.07, 6.45) is 3.75. The number of hydrogen-bond donors (Lipinski definition) is 2. The standard InChI is InChI=1S/C23H23FN4O4S3/c1-3-32-21(31)17-14-9-5-7-11-16(14)34-20(17)25-18(29)12(2)33-23-28-27-22(35-23)26-19(30)13-8-4-6-10-15(13)24/h4,6,8,10,12H,3,5,7,9,11H2,1-2H3,(H,25,29)(H,26,27,30). The molecule has 0 fully saturated rings. The predicted molar refractivity (Wildman–Crippen MR) is 135 cm³/mol. The lowest BCUT2D eigenvalue weighted by atomic mass is 9.95. The van der Waals surface area contributed by atoms with Gasteiger partial charge in [0, 0.05) is 4.88 Å². The summed E-state index contributed by atoms with van der Waals surface area (Å²) in [6, 6.07) is 5.64. The van der Waals surface area contributed by atoms with Gasteiger partial charge >= 0.3 is 5.97 Å². The second kappa shape index (κ2) is 11.3. The van der Waals surface area contributed by atoms with Crippen LogP contribution in [0.3, 0.4) is 0 Å². The number of thioether (sulfide) groups is 1. The highest BCUT2D eigenvalue weighted by Gasteiger charge is 2.28. The number of thiophene rings is 1. The Morgan fingerprint density at radius 2 is 1.91 bits per heavy atom. The van der Waals surface area contributed by atoms with Crippen LogP contribution in [0, 0.1) is 5.82 Å². The second-order valence-electron chi connectivity index (χ2n) is 7.69. The van der Waals surface area contributed by atoms with Gasteiger partial charge < -0.3 is 10.1 Å². The number of benzene rings is 1. The third-order valence-corrected chi connectivity index (χ3v) is 8.51. The summed E-state index contributed by atoms with van der Waals surface area (Å²) in [5.41, 5.74) is 1.35. The van der Waals surface area contributed by atoms with E-state index in [0.717, 1.165) is 47.5 Å². The molecular weight excluding hydrogens is 511 g/mol. The Balaban J connectivity index is 1.41. The molecule has 0 saturated carbocycles. The molecule has 1 aliphatic carbocycles. The van der Waals surface area contributed by atoms with Crippen LogP contribution < -0.4 is 10.6 Å². The predicted octanol–water partition coefficient (Wildman–Crippen LogP) is 5.17. The summed E-state index contributed by atoms with van der Waals surface area (Å²) in [7, 11) is 0. The van der Waals surface area contributed by atoms with E-state index in [2.05, 4.69) is 20.8 Å². The summed E-state index contributed by atoms with van der Waals surface area (Å²) in [5, 5.41) is 13.5. The van der Waals surface area contributed by atoms with E-state index in [0.29, 0.717) is 14.9 Å². The van der Waals surface area contributed by atoms with Gasteiger partial charge in [0.05, 0.1) is 23.0 Å². The zero-order chi connectivity index (χ0) is 24.9. The molecule has 2 heterocycles. The number of nitrogens with one attached hydrogen (secondary N) is 2. The number of nitrogens with zero attached hydrogens (tertiary/aromatic N) is 2. The minimum Gasteiger partial charge on any atom is -0.462 e. The minimum atomic E-state index is -0.633. The molecule has 12 heteroatoms. The highest BCUT2D eigenvalue weighted by Crippen LogP contribution is 2.39. The topological polar surface area (TPSA) is 110 Å². The van der Waals surface area contributed by atoms with Crippen molar-refractivity contribution >= 4 is 62.4 Å². The first-order valence-electron chi connectivity index (χ1n) is 11.1. The van der Waals surface area contributed by atoms with Crippen molar-refractivity contribution in [1.29, 1.82) is 0 Å². The smallest absolute Gasteiger partial charge is 0.341 e. The fraction of sp³-hybridized carbons (Fsp3) is 0.348. The van der Waals surface area contributed by atoms with Gasteiger partial charge in [-0.1, -0.05) is 35.2 Å². The summed E-state index contributed by atoms with van der Waals surface area (Å²) >= 11 is 3.69. The number of aryl methyl sites for hydroxylation is 1. The number of hydrogen-bond acceptors (Lipinski definition) is 9. The minimum absolute atomic E-state index is 0.0966. The largest absolute Gasteiger partial charge is 0.462 e. The molecule has 0 radical (unpaired) electrons. The average Bonchev–Trinajstić information content (AvgIpc) is 3.42. The zero-order valence-corrected chi connectivity index (χ0v) is 21.5. The van der Waals surface area contributed by atoms with Crippen molar-refractivity contribution in [3.8, 4) is 0 Å². The fourth-order valence-electron chi connectivity index (χ4n) is 3.61. The number of carbonyl (C=O) groups is 3. The van der Waals surface area contributed by atoms with Crippen molar-refractivity contribution < 1.29 is 23.5 Å². The molecule has 3 aromatic rings. The number of esters is 1. The van der Waals surface area contributed by atoms with Crippen LogP contribution in [0.5, 0.6) is 0 Å². The molecule has 0 saturated heterocycles. The van der Waals surface area contributed by atoms with E-state index in [1.807, 2.05) is 0 Å². The summed E-state index contributed by atoms with van der Waals surface area (Å²) in [5.74, 6) is -1.96. The van der Waals surface area contributed by atoms with Gasteiger partial charge in [0.15, 0.2) is 4.34 Å². The number of anilines is 2. The van der Waals surface area contributed by atoms with Crippen LogP contribution in [0.2, 0.25) is 0 Å². The van der Waals surface area contributed by atoms with Crippen LogP contribution >= 0.6 is 34.4 Å². The maximum Gasteiger partial charge on any atom is 0.341 e. The zero-order valence-electron chi connectivity index (χ0n) is 19.1.